The molecule has 428 valence electrons. The molecule has 3 rings (SSSR count). The van der Waals surface area contributed by atoms with Crippen molar-refractivity contribution in [3.8, 4) is 0 Å². The second kappa shape index (κ2) is 38.9. The van der Waals surface area contributed by atoms with Gasteiger partial charge in [-0.15, -0.1) is 0 Å². The second-order valence-electron chi connectivity index (χ2n) is 23.9. The summed E-state index contributed by atoms with van der Waals surface area (Å²) in [6.07, 6.45) is 38.8. The number of nitrogens with one attached hydrogen (secondary N) is 2. The minimum atomic E-state index is -1.08. The van der Waals surface area contributed by atoms with E-state index in [0.717, 1.165) is 50.4 Å². The molecular formula is C62H104N2O10S. The number of carbonyl (C=O) groups excluding carboxylic acids is 6. The van der Waals surface area contributed by atoms with E-state index in [4.69, 9.17) is 18.9 Å². The number of hydrogen-bond acceptors (Lipinski definition) is 11. The lowest BCUT2D eigenvalue weighted by Gasteiger charge is -2.25. The quantitative estimate of drug-likeness (QED) is 0.0366. The molecule has 0 bridgehead atoms. The Kier molecular flexibility index (Phi) is 34.0. The molecule has 0 spiro atoms. The van der Waals surface area contributed by atoms with Crippen molar-refractivity contribution in [1.29, 1.82) is 0 Å². The number of amides is 2. The smallest absolute Gasteiger partial charge is 0.329 e. The number of unbranched alkanes of at least 4 members (excludes halogenated alkanes) is 16. The average molecular weight is 1070 g/mol. The normalized spacial score (nSPS) is 15.4. The van der Waals surface area contributed by atoms with Crippen LogP contribution in [0, 0.1) is 11.8 Å². The minimum Gasteiger partial charge on any atom is -0.462 e. The van der Waals surface area contributed by atoms with Gasteiger partial charge in [0.25, 0.3) is 5.91 Å². The fourth-order valence-corrected chi connectivity index (χ4v) is 11.2. The van der Waals surface area contributed by atoms with Crippen molar-refractivity contribution in [1.82, 2.24) is 5.32 Å². The lowest BCUT2D eigenvalue weighted by Crippen LogP contribution is -2.44. The number of esters is 4. The summed E-state index contributed by atoms with van der Waals surface area (Å²) in [5, 5.41) is 5.56. The van der Waals surface area contributed by atoms with E-state index in [-0.39, 0.29) is 49.3 Å². The highest BCUT2D eigenvalue weighted by Gasteiger charge is 2.29. The van der Waals surface area contributed by atoms with Crippen LogP contribution >= 0.6 is 11.8 Å². The largest absolute Gasteiger partial charge is 0.462 e. The predicted molar refractivity (Wildman–Crippen MR) is 305 cm³/mol. The first-order valence-corrected chi connectivity index (χ1v) is 31.2. The van der Waals surface area contributed by atoms with Crippen molar-refractivity contribution in [2.75, 3.05) is 23.4 Å². The Morgan fingerprint density at radius 1 is 0.547 bits per heavy atom. The van der Waals surface area contributed by atoms with E-state index in [0.29, 0.717) is 30.0 Å². The molecule has 75 heavy (non-hydrogen) atoms. The van der Waals surface area contributed by atoms with Crippen LogP contribution < -0.4 is 10.6 Å². The Bertz CT molecular complexity index is 1750. The molecule has 12 nitrogen and oxygen atoms in total. The maximum atomic E-state index is 13.3. The van der Waals surface area contributed by atoms with Gasteiger partial charge in [-0.05, 0) is 96.9 Å². The molecule has 2 aliphatic carbocycles. The van der Waals surface area contributed by atoms with Crippen LogP contribution in [0.15, 0.2) is 24.3 Å². The van der Waals surface area contributed by atoms with Crippen LogP contribution in [0.25, 0.3) is 0 Å². The predicted octanol–water partition coefficient (Wildman–Crippen LogP) is 15.5. The van der Waals surface area contributed by atoms with E-state index in [9.17, 15) is 28.8 Å². The van der Waals surface area contributed by atoms with E-state index in [2.05, 4.69) is 10.6 Å². The molecule has 2 saturated carbocycles. The Hall–Kier alpha value is -3.61. The highest BCUT2D eigenvalue weighted by atomic mass is 32.2. The van der Waals surface area contributed by atoms with Crippen LogP contribution in [0.1, 0.15) is 277 Å². The maximum Gasteiger partial charge on any atom is 0.329 e. The molecule has 2 atom stereocenters. The number of ether oxygens (including phenoxy) is 4. The monoisotopic (exact) mass is 1070 g/mol. The van der Waals surface area contributed by atoms with Gasteiger partial charge in [0.2, 0.25) is 5.91 Å². The third kappa shape index (κ3) is 34.7. The first-order valence-electron chi connectivity index (χ1n) is 30.0. The summed E-state index contributed by atoms with van der Waals surface area (Å²) in [6.45, 7) is 10.4. The fourth-order valence-electron chi connectivity index (χ4n) is 10.3. The molecule has 0 heterocycles. The van der Waals surface area contributed by atoms with E-state index in [1.165, 1.54) is 166 Å². The summed E-state index contributed by atoms with van der Waals surface area (Å²) in [4.78, 5) is 77.5. The van der Waals surface area contributed by atoms with Gasteiger partial charge in [-0.25, -0.2) is 4.79 Å². The van der Waals surface area contributed by atoms with Crippen molar-refractivity contribution in [3.63, 3.8) is 0 Å². The second-order valence-corrected chi connectivity index (χ2v) is 25.0. The van der Waals surface area contributed by atoms with Crippen LogP contribution in [0.2, 0.25) is 0 Å². The summed E-state index contributed by atoms with van der Waals surface area (Å²) < 4.78 is 22.4. The fraction of sp³-hybridized carbons (Fsp3) is 0.806. The Morgan fingerprint density at radius 3 is 1.51 bits per heavy atom. The van der Waals surface area contributed by atoms with Gasteiger partial charge in [0.15, 0.2) is 0 Å². The highest BCUT2D eigenvalue weighted by molar-refractivity contribution is 7.99. The third-order valence-electron chi connectivity index (χ3n) is 14.4. The molecule has 0 aliphatic heterocycles. The maximum absolute atomic E-state index is 13.3. The Balaban J connectivity index is 1.38. The zero-order valence-corrected chi connectivity index (χ0v) is 48.8. The van der Waals surface area contributed by atoms with Crippen LogP contribution in [0.4, 0.5) is 5.69 Å². The molecule has 2 aliphatic rings. The van der Waals surface area contributed by atoms with Crippen molar-refractivity contribution >= 4 is 53.1 Å². The van der Waals surface area contributed by atoms with Crippen molar-refractivity contribution < 1.29 is 47.7 Å². The van der Waals surface area contributed by atoms with E-state index >= 15 is 0 Å². The summed E-state index contributed by atoms with van der Waals surface area (Å²) in [7, 11) is 0. The topological polar surface area (TPSA) is 163 Å². The standard InChI is InChI=1S/C62H104N2O10S/c1-61(2,3)73-58(68)44-43-54(60(70)74-62(4,5)6)64-59(69)51-39-41-52(42-40-51)63-55(65)45-46-75-48-53(72-57(67)38-30-20-16-12-8-10-14-18-24-32-50-35-27-22-28-36-50)47-71-56(66)37-29-19-15-11-7-9-13-17-23-31-49-33-25-21-26-34-49/h39-42,49-50,53-54H,7-38,43-48H2,1-6H3,(H,63,65)(H,64,69). The first kappa shape index (κ1) is 65.7. The van der Waals surface area contributed by atoms with Crippen molar-refractivity contribution in [3.05, 3.63) is 29.8 Å². The zero-order chi connectivity index (χ0) is 54.6. The SMILES string of the molecule is CC(C)(C)OC(=O)CCC(NC(=O)c1ccc(NC(=O)CCSCC(COC(=O)CCCCCCCCCCCC2CCCCC2)OC(=O)CCCCCCCCCCCC2CCCCC2)cc1)C(=O)OC(C)(C)C. The van der Waals surface area contributed by atoms with Gasteiger partial charge in [-0.2, -0.15) is 11.8 Å². The summed E-state index contributed by atoms with van der Waals surface area (Å²) in [6, 6.07) is 5.21. The number of carbonyl (C=O) groups is 6. The molecule has 0 aromatic heterocycles. The van der Waals surface area contributed by atoms with E-state index < -0.39 is 41.2 Å². The molecule has 13 heteroatoms. The van der Waals surface area contributed by atoms with E-state index in [1.54, 1.807) is 65.8 Å². The molecule has 2 amide bonds. The number of hydrogen-bond donors (Lipinski definition) is 2. The van der Waals surface area contributed by atoms with Gasteiger partial charge in [0, 0.05) is 48.4 Å². The van der Waals surface area contributed by atoms with Crippen molar-refractivity contribution in [2.45, 2.75) is 290 Å². The molecule has 1 aromatic rings. The lowest BCUT2D eigenvalue weighted by atomic mass is 9.85. The number of rotatable bonds is 39. The molecule has 2 fully saturated rings. The number of benzene rings is 1. The highest BCUT2D eigenvalue weighted by Crippen LogP contribution is 2.29. The summed E-state index contributed by atoms with van der Waals surface area (Å²) >= 11 is 1.46. The summed E-state index contributed by atoms with van der Waals surface area (Å²) in [5.41, 5.74) is -0.744. The third-order valence-corrected chi connectivity index (χ3v) is 15.5. The molecular weight excluding hydrogens is 965 g/mol. The van der Waals surface area contributed by atoms with Gasteiger partial charge in [-0.3, -0.25) is 24.0 Å². The van der Waals surface area contributed by atoms with Gasteiger partial charge in [0.05, 0.1) is 0 Å². The molecule has 0 radical (unpaired) electrons. The van der Waals surface area contributed by atoms with Gasteiger partial charge >= 0.3 is 23.9 Å². The van der Waals surface area contributed by atoms with Gasteiger partial charge < -0.3 is 29.6 Å². The molecule has 2 unspecified atom stereocenters. The first-order chi connectivity index (χ1) is 36.0. The van der Waals surface area contributed by atoms with Crippen molar-refractivity contribution in [2.24, 2.45) is 11.8 Å². The Morgan fingerprint density at radius 2 is 1.01 bits per heavy atom. The zero-order valence-electron chi connectivity index (χ0n) is 48.0. The van der Waals surface area contributed by atoms with Crippen LogP contribution in [0.3, 0.4) is 0 Å². The van der Waals surface area contributed by atoms with E-state index in [1.807, 2.05) is 0 Å². The van der Waals surface area contributed by atoms with Crippen LogP contribution in [0.5, 0.6) is 0 Å². The van der Waals surface area contributed by atoms with Gasteiger partial charge in [0.1, 0.15) is 30.0 Å². The van der Waals surface area contributed by atoms with Crippen LogP contribution in [-0.4, -0.2) is 77.2 Å². The molecule has 1 aromatic carbocycles. The molecule has 2 N–H and O–H groups in total. The Labute approximate surface area is 459 Å². The van der Waals surface area contributed by atoms with Crippen LogP contribution in [-0.2, 0) is 42.9 Å². The minimum absolute atomic E-state index is 0.00354. The lowest BCUT2D eigenvalue weighted by molar-refractivity contribution is -0.158. The number of thioether (sulfide) groups is 1. The number of anilines is 1. The summed E-state index contributed by atoms with van der Waals surface area (Å²) in [5.74, 6) is 0.335. The molecule has 0 saturated heterocycles. The van der Waals surface area contributed by atoms with Gasteiger partial charge in [-0.1, -0.05) is 180 Å². The average Bonchev–Trinajstić information content (AvgIpc) is 3.36.